The summed E-state index contributed by atoms with van der Waals surface area (Å²) in [4.78, 5) is 0. The third kappa shape index (κ3) is 3.08. The molecule has 0 aliphatic carbocycles. The van der Waals surface area contributed by atoms with Gasteiger partial charge in [0.15, 0.2) is 0 Å². The molecule has 0 atom stereocenters. The molecular weight excluding hydrogens is 240 g/mol. The van der Waals surface area contributed by atoms with Crippen molar-refractivity contribution in [3.63, 3.8) is 0 Å². The second-order valence-corrected chi connectivity index (χ2v) is 4.99. The molecule has 0 aromatic heterocycles. The van der Waals surface area contributed by atoms with Gasteiger partial charge in [0, 0.05) is 0 Å². The summed E-state index contributed by atoms with van der Waals surface area (Å²) in [5, 5.41) is 0. The molecule has 0 aliphatic heterocycles. The van der Waals surface area contributed by atoms with Crippen LogP contribution in [-0.4, -0.2) is 0 Å². The maximum Gasteiger partial charge on any atom is -0.00939 e. The highest BCUT2D eigenvalue weighted by atomic mass is 14.1. The van der Waals surface area contributed by atoms with Gasteiger partial charge in [-0.15, -0.1) is 13.2 Å². The van der Waals surface area contributed by atoms with Crippen molar-refractivity contribution in [3.8, 4) is 11.1 Å². The lowest BCUT2D eigenvalue weighted by Gasteiger charge is -2.14. The fraction of sp³-hybridized carbons (Fsp3) is 0.200. The molecule has 0 amide bonds. The van der Waals surface area contributed by atoms with Crippen LogP contribution in [0.25, 0.3) is 11.1 Å². The highest BCUT2D eigenvalue weighted by Gasteiger charge is 2.08. The highest BCUT2D eigenvalue weighted by Crippen LogP contribution is 2.29. The zero-order valence-electron chi connectivity index (χ0n) is 12.2. The smallest absolute Gasteiger partial charge is 0.00939 e. The van der Waals surface area contributed by atoms with Gasteiger partial charge < -0.3 is 0 Å². The molecule has 0 heteroatoms. The van der Waals surface area contributed by atoms with Gasteiger partial charge in [-0.3, -0.25) is 0 Å². The lowest BCUT2D eigenvalue weighted by atomic mass is 9.91. The predicted molar refractivity (Wildman–Crippen MR) is 89.1 cm³/mol. The van der Waals surface area contributed by atoms with E-state index in [1.54, 1.807) is 0 Å². The molecule has 0 saturated heterocycles. The van der Waals surface area contributed by atoms with Crippen molar-refractivity contribution in [3.05, 3.63) is 84.5 Å². The summed E-state index contributed by atoms with van der Waals surface area (Å²) in [5.41, 5.74) is 6.70. The topological polar surface area (TPSA) is 0 Å². The fourth-order valence-corrected chi connectivity index (χ4v) is 2.57. The summed E-state index contributed by atoms with van der Waals surface area (Å²) in [6, 6.07) is 15.4. The Hall–Kier alpha value is -2.08. The minimum atomic E-state index is 0.902. The van der Waals surface area contributed by atoms with E-state index in [4.69, 9.17) is 0 Å². The number of rotatable bonds is 6. The standard InChI is InChI=1S/C20H22/c1-4-9-17-11-7-8-12-19(17)20-14-13-16(6-3)15-18(20)10-5-2/h4-5,7-8,11-15H,1-2,6,9-10H2,3H3. The van der Waals surface area contributed by atoms with Gasteiger partial charge in [0.2, 0.25) is 0 Å². The van der Waals surface area contributed by atoms with Crippen molar-refractivity contribution in [1.29, 1.82) is 0 Å². The third-order valence-corrected chi connectivity index (χ3v) is 3.61. The number of hydrogen-bond acceptors (Lipinski definition) is 0. The molecule has 0 unspecified atom stereocenters. The van der Waals surface area contributed by atoms with E-state index < -0.39 is 0 Å². The molecule has 2 aromatic carbocycles. The monoisotopic (exact) mass is 262 g/mol. The lowest BCUT2D eigenvalue weighted by molar-refractivity contribution is 1.12. The summed E-state index contributed by atoms with van der Waals surface area (Å²) in [5.74, 6) is 0. The van der Waals surface area contributed by atoms with Crippen LogP contribution in [0.4, 0.5) is 0 Å². The summed E-state index contributed by atoms with van der Waals surface area (Å²) in [7, 11) is 0. The van der Waals surface area contributed by atoms with Crippen LogP contribution in [0.5, 0.6) is 0 Å². The van der Waals surface area contributed by atoms with Crippen molar-refractivity contribution in [2.45, 2.75) is 26.2 Å². The maximum absolute atomic E-state index is 3.89. The Labute approximate surface area is 122 Å². The van der Waals surface area contributed by atoms with Gasteiger partial charge in [-0.1, -0.05) is 61.5 Å². The van der Waals surface area contributed by atoms with E-state index in [1.807, 2.05) is 12.2 Å². The normalized spacial score (nSPS) is 10.2. The van der Waals surface area contributed by atoms with Crippen LogP contribution in [0, 0.1) is 0 Å². The first kappa shape index (κ1) is 14.3. The SMILES string of the molecule is C=CCc1ccccc1-c1ccc(CC)cc1CC=C. The number of benzene rings is 2. The molecule has 0 aliphatic rings. The van der Waals surface area contributed by atoms with Crippen molar-refractivity contribution < 1.29 is 0 Å². The van der Waals surface area contributed by atoms with Crippen LogP contribution in [0.15, 0.2) is 67.8 Å². The zero-order chi connectivity index (χ0) is 14.4. The van der Waals surface area contributed by atoms with E-state index in [-0.39, 0.29) is 0 Å². The molecule has 20 heavy (non-hydrogen) atoms. The Morgan fingerprint density at radius 2 is 1.50 bits per heavy atom. The van der Waals surface area contributed by atoms with E-state index in [2.05, 4.69) is 62.5 Å². The van der Waals surface area contributed by atoms with Gasteiger partial charge in [-0.2, -0.15) is 0 Å². The molecular formula is C20H22. The molecule has 0 fully saturated rings. The fourth-order valence-electron chi connectivity index (χ4n) is 2.57. The van der Waals surface area contributed by atoms with Gasteiger partial charge >= 0.3 is 0 Å². The van der Waals surface area contributed by atoms with Crippen LogP contribution in [-0.2, 0) is 19.3 Å². The summed E-state index contributed by atoms with van der Waals surface area (Å²) in [6.07, 6.45) is 6.82. The molecule has 2 rings (SSSR count). The first-order chi connectivity index (χ1) is 9.80. The van der Waals surface area contributed by atoms with Crippen molar-refractivity contribution in [1.82, 2.24) is 0 Å². The Bertz CT molecular complexity index is 605. The minimum Gasteiger partial charge on any atom is -0.103 e. The zero-order valence-corrected chi connectivity index (χ0v) is 12.2. The van der Waals surface area contributed by atoms with Gasteiger partial charge in [-0.25, -0.2) is 0 Å². The van der Waals surface area contributed by atoms with E-state index in [0.717, 1.165) is 19.3 Å². The Kier molecular flexibility index (Phi) is 4.95. The van der Waals surface area contributed by atoms with Crippen LogP contribution >= 0.6 is 0 Å². The Balaban J connectivity index is 2.56. The molecule has 0 heterocycles. The molecule has 0 bridgehead atoms. The third-order valence-electron chi connectivity index (χ3n) is 3.61. The van der Waals surface area contributed by atoms with Crippen molar-refractivity contribution in [2.75, 3.05) is 0 Å². The van der Waals surface area contributed by atoms with E-state index in [9.17, 15) is 0 Å². The maximum atomic E-state index is 3.89. The van der Waals surface area contributed by atoms with E-state index >= 15 is 0 Å². The number of allylic oxidation sites excluding steroid dienone is 2. The van der Waals surface area contributed by atoms with Crippen LogP contribution in [0.3, 0.4) is 0 Å². The first-order valence-corrected chi connectivity index (χ1v) is 7.22. The molecule has 0 radical (unpaired) electrons. The minimum absolute atomic E-state index is 0.902. The van der Waals surface area contributed by atoms with Crippen molar-refractivity contribution >= 4 is 0 Å². The molecule has 0 saturated carbocycles. The average molecular weight is 262 g/mol. The first-order valence-electron chi connectivity index (χ1n) is 7.22. The van der Waals surface area contributed by atoms with Crippen molar-refractivity contribution in [2.24, 2.45) is 0 Å². The van der Waals surface area contributed by atoms with E-state index in [1.165, 1.54) is 27.8 Å². The number of hydrogen-bond donors (Lipinski definition) is 0. The largest absolute Gasteiger partial charge is 0.103 e. The molecule has 0 nitrogen and oxygen atoms in total. The predicted octanol–water partition coefficient (Wildman–Crippen LogP) is 5.37. The van der Waals surface area contributed by atoms with E-state index in [0.29, 0.717) is 0 Å². The molecule has 2 aromatic rings. The molecule has 102 valence electrons. The van der Waals surface area contributed by atoms with Gasteiger partial charge in [0.1, 0.15) is 0 Å². The summed E-state index contributed by atoms with van der Waals surface area (Å²) >= 11 is 0. The highest BCUT2D eigenvalue weighted by molar-refractivity contribution is 5.71. The lowest BCUT2D eigenvalue weighted by Crippen LogP contribution is -1.94. The summed E-state index contributed by atoms with van der Waals surface area (Å²) in [6.45, 7) is 9.94. The van der Waals surface area contributed by atoms with Crippen LogP contribution in [0.2, 0.25) is 0 Å². The average Bonchev–Trinajstić information content (AvgIpc) is 2.49. The van der Waals surface area contributed by atoms with Crippen LogP contribution < -0.4 is 0 Å². The molecule has 0 spiro atoms. The van der Waals surface area contributed by atoms with Gasteiger partial charge in [0.05, 0.1) is 0 Å². The van der Waals surface area contributed by atoms with Gasteiger partial charge in [-0.05, 0) is 47.1 Å². The quantitative estimate of drug-likeness (QED) is 0.614. The summed E-state index contributed by atoms with van der Waals surface area (Å²) < 4.78 is 0. The van der Waals surface area contributed by atoms with Crippen LogP contribution in [0.1, 0.15) is 23.6 Å². The molecule has 0 N–H and O–H groups in total. The second kappa shape index (κ2) is 6.91. The number of aryl methyl sites for hydroxylation is 1. The second-order valence-electron chi connectivity index (χ2n) is 4.99. The Morgan fingerprint density at radius 3 is 2.20 bits per heavy atom. The van der Waals surface area contributed by atoms with Gasteiger partial charge in [0.25, 0.3) is 0 Å². The Morgan fingerprint density at radius 1 is 0.850 bits per heavy atom.